The number of para-hydroxylation sites is 1. The summed E-state index contributed by atoms with van der Waals surface area (Å²) in [5.41, 5.74) is 7.12. The van der Waals surface area contributed by atoms with E-state index in [4.69, 9.17) is 10.8 Å². The maximum absolute atomic E-state index is 14.2. The Kier molecular flexibility index (Phi) is 8.34. The standard InChI is InChI=1S/C31H29F4N5O3/c1-2-39-29-25(26(23(36)15-16-41)38-40(29)22-9-4-3-5-10-22)24(18-11-13-21(32)14-12-18)27(30(39)43)37-28(42)19-7-6-8-20(17-19)31(33,34)35/h3-14,17,23-24,27,41H,2,15-16,36H2,1H3,(H,37,42)/t23-,24+,27+/m1/s1. The molecule has 0 fully saturated rings. The number of aliphatic hydroxyl groups is 1. The van der Waals surface area contributed by atoms with Crippen molar-refractivity contribution in [1.82, 2.24) is 15.1 Å². The number of halogens is 4. The maximum Gasteiger partial charge on any atom is 0.416 e. The van der Waals surface area contributed by atoms with Gasteiger partial charge in [-0.25, -0.2) is 9.07 Å². The fourth-order valence-corrected chi connectivity index (χ4v) is 5.42. The number of anilines is 1. The van der Waals surface area contributed by atoms with Gasteiger partial charge in [-0.1, -0.05) is 36.4 Å². The van der Waals surface area contributed by atoms with E-state index in [1.165, 1.54) is 35.2 Å². The van der Waals surface area contributed by atoms with E-state index in [9.17, 15) is 32.3 Å². The van der Waals surface area contributed by atoms with Gasteiger partial charge in [-0.15, -0.1) is 0 Å². The summed E-state index contributed by atoms with van der Waals surface area (Å²) < 4.78 is 55.8. The third kappa shape index (κ3) is 5.75. The summed E-state index contributed by atoms with van der Waals surface area (Å²) in [7, 11) is 0. The number of carbonyl (C=O) groups is 2. The van der Waals surface area contributed by atoms with Gasteiger partial charge in [-0.3, -0.25) is 14.5 Å². The number of hydrogen-bond acceptors (Lipinski definition) is 5. The molecule has 0 unspecified atom stereocenters. The van der Waals surface area contributed by atoms with Crippen molar-refractivity contribution in [1.29, 1.82) is 0 Å². The second kappa shape index (κ2) is 12.0. The molecule has 3 atom stereocenters. The van der Waals surface area contributed by atoms with E-state index in [1.54, 1.807) is 35.9 Å². The summed E-state index contributed by atoms with van der Waals surface area (Å²) in [6, 6.07) is 16.2. The number of fused-ring (bicyclic) bond motifs is 1. The minimum Gasteiger partial charge on any atom is -0.396 e. The molecule has 4 N–H and O–H groups in total. The van der Waals surface area contributed by atoms with E-state index < -0.39 is 47.4 Å². The molecule has 2 heterocycles. The number of nitrogens with one attached hydrogen (secondary N) is 1. The highest BCUT2D eigenvalue weighted by atomic mass is 19.4. The molecule has 4 aromatic rings. The van der Waals surface area contributed by atoms with Gasteiger partial charge in [0, 0.05) is 30.2 Å². The third-order valence-electron chi connectivity index (χ3n) is 7.43. The maximum atomic E-state index is 14.2. The first-order valence-electron chi connectivity index (χ1n) is 13.6. The topological polar surface area (TPSA) is 113 Å². The molecule has 1 aliphatic rings. The molecule has 0 saturated heterocycles. The van der Waals surface area contributed by atoms with E-state index in [0.29, 0.717) is 34.4 Å². The van der Waals surface area contributed by atoms with Gasteiger partial charge in [0.15, 0.2) is 0 Å². The summed E-state index contributed by atoms with van der Waals surface area (Å²) in [4.78, 5) is 29.1. The SMILES string of the molecule is CCN1C(=O)[C@@H](NC(=O)c2cccc(C(F)(F)F)c2)[C@@H](c2ccc(F)cc2)c2c([C@H](N)CCO)nn(-c3ccccc3)c21. The van der Waals surface area contributed by atoms with Crippen molar-refractivity contribution in [3.05, 3.63) is 113 Å². The number of hydrogen-bond donors (Lipinski definition) is 3. The zero-order valence-electron chi connectivity index (χ0n) is 23.1. The first-order chi connectivity index (χ1) is 20.5. The highest BCUT2D eigenvalue weighted by Crippen LogP contribution is 2.45. The van der Waals surface area contributed by atoms with Crippen LogP contribution in [0, 0.1) is 5.82 Å². The van der Waals surface area contributed by atoms with E-state index in [1.807, 2.05) is 6.07 Å². The van der Waals surface area contributed by atoms with Crippen LogP contribution < -0.4 is 16.0 Å². The second-order valence-electron chi connectivity index (χ2n) is 10.1. The Labute approximate surface area is 244 Å². The van der Waals surface area contributed by atoms with Crippen LogP contribution in [0.5, 0.6) is 0 Å². The highest BCUT2D eigenvalue weighted by Gasteiger charge is 2.47. The van der Waals surface area contributed by atoms with Gasteiger partial charge in [0.25, 0.3) is 11.8 Å². The number of alkyl halides is 3. The van der Waals surface area contributed by atoms with Crippen molar-refractivity contribution in [3.8, 4) is 5.69 Å². The van der Waals surface area contributed by atoms with Crippen LogP contribution >= 0.6 is 0 Å². The highest BCUT2D eigenvalue weighted by molar-refractivity contribution is 6.05. The molecule has 0 spiro atoms. The van der Waals surface area contributed by atoms with Crippen LogP contribution in [0.3, 0.4) is 0 Å². The molecule has 0 saturated carbocycles. The first kappa shape index (κ1) is 29.9. The Morgan fingerprint density at radius 1 is 1.07 bits per heavy atom. The van der Waals surface area contributed by atoms with Gasteiger partial charge in [0.2, 0.25) is 0 Å². The molecule has 0 bridgehead atoms. The minimum absolute atomic E-state index is 0.135. The molecule has 224 valence electrons. The summed E-state index contributed by atoms with van der Waals surface area (Å²) in [5.74, 6) is -2.52. The van der Waals surface area contributed by atoms with Gasteiger partial charge in [0.1, 0.15) is 17.7 Å². The molecule has 2 amide bonds. The van der Waals surface area contributed by atoms with Gasteiger partial charge < -0.3 is 16.2 Å². The fourth-order valence-electron chi connectivity index (χ4n) is 5.42. The second-order valence-corrected chi connectivity index (χ2v) is 10.1. The summed E-state index contributed by atoms with van der Waals surface area (Å²) in [5, 5.41) is 17.2. The monoisotopic (exact) mass is 595 g/mol. The van der Waals surface area contributed by atoms with E-state index in [2.05, 4.69) is 5.32 Å². The average molecular weight is 596 g/mol. The lowest BCUT2D eigenvalue weighted by Gasteiger charge is -2.39. The zero-order valence-corrected chi connectivity index (χ0v) is 23.1. The normalized spacial score (nSPS) is 17.5. The quantitative estimate of drug-likeness (QED) is 0.256. The number of benzene rings is 3. The average Bonchev–Trinajstić information content (AvgIpc) is 3.38. The lowest BCUT2D eigenvalue weighted by Crippen LogP contribution is -2.55. The number of nitrogens with zero attached hydrogens (tertiary/aromatic N) is 3. The molecule has 1 aliphatic heterocycles. The van der Waals surface area contributed by atoms with Crippen molar-refractivity contribution in [3.63, 3.8) is 0 Å². The molecule has 8 nitrogen and oxygen atoms in total. The molecule has 0 radical (unpaired) electrons. The molecule has 3 aromatic carbocycles. The van der Waals surface area contributed by atoms with Gasteiger partial charge in [-0.05, 0) is 61.4 Å². The number of rotatable bonds is 8. The first-order valence-corrected chi connectivity index (χ1v) is 13.6. The minimum atomic E-state index is -4.68. The number of amides is 2. The third-order valence-corrected chi connectivity index (χ3v) is 7.43. The number of nitrogens with two attached hydrogens (primary N) is 1. The van der Waals surface area contributed by atoms with Crippen molar-refractivity contribution in [2.24, 2.45) is 5.73 Å². The molecule has 5 rings (SSSR count). The molecule has 1 aromatic heterocycles. The van der Waals surface area contributed by atoms with Crippen molar-refractivity contribution in [2.75, 3.05) is 18.1 Å². The van der Waals surface area contributed by atoms with Crippen LogP contribution in [0.4, 0.5) is 23.4 Å². The number of likely N-dealkylation sites (N-methyl/N-ethyl adjacent to an activating group) is 1. The lowest BCUT2D eigenvalue weighted by atomic mass is 9.79. The molecule has 0 aliphatic carbocycles. The van der Waals surface area contributed by atoms with Gasteiger partial charge in [0.05, 0.1) is 23.0 Å². The predicted octanol–water partition coefficient (Wildman–Crippen LogP) is 4.71. The van der Waals surface area contributed by atoms with Crippen LogP contribution in [0.15, 0.2) is 78.9 Å². The molecule has 12 heteroatoms. The zero-order chi connectivity index (χ0) is 30.9. The van der Waals surface area contributed by atoms with Crippen molar-refractivity contribution < 1.29 is 32.3 Å². The van der Waals surface area contributed by atoms with Crippen LogP contribution in [-0.2, 0) is 11.0 Å². The Balaban J connectivity index is 1.72. The van der Waals surface area contributed by atoms with Crippen LogP contribution in [0.25, 0.3) is 5.69 Å². The predicted molar refractivity (Wildman–Crippen MR) is 151 cm³/mol. The number of carbonyl (C=O) groups excluding carboxylic acids is 2. The van der Waals surface area contributed by atoms with Crippen molar-refractivity contribution >= 4 is 17.6 Å². The van der Waals surface area contributed by atoms with E-state index in [-0.39, 0.29) is 25.1 Å². The Bertz CT molecular complexity index is 1620. The van der Waals surface area contributed by atoms with Crippen LogP contribution in [0.2, 0.25) is 0 Å². The number of aliphatic hydroxyl groups excluding tert-OH is 1. The fraction of sp³-hybridized carbons (Fsp3) is 0.258. The van der Waals surface area contributed by atoms with E-state index >= 15 is 0 Å². The summed E-state index contributed by atoms with van der Waals surface area (Å²) >= 11 is 0. The summed E-state index contributed by atoms with van der Waals surface area (Å²) in [6.45, 7) is 1.65. The number of aromatic nitrogens is 2. The van der Waals surface area contributed by atoms with Crippen LogP contribution in [-0.4, -0.2) is 45.9 Å². The van der Waals surface area contributed by atoms with Crippen molar-refractivity contribution in [2.45, 2.75) is 37.5 Å². The summed E-state index contributed by atoms with van der Waals surface area (Å²) in [6.07, 6.45) is -4.54. The van der Waals surface area contributed by atoms with Crippen LogP contribution in [0.1, 0.15) is 58.0 Å². The smallest absolute Gasteiger partial charge is 0.396 e. The van der Waals surface area contributed by atoms with Gasteiger partial charge in [-0.2, -0.15) is 18.3 Å². The Hall–Kier alpha value is -4.55. The van der Waals surface area contributed by atoms with E-state index in [0.717, 1.165) is 12.1 Å². The Morgan fingerprint density at radius 3 is 2.40 bits per heavy atom. The molecular formula is C31H29F4N5O3. The van der Waals surface area contributed by atoms with Gasteiger partial charge >= 0.3 is 6.18 Å². The largest absolute Gasteiger partial charge is 0.416 e. The molecule has 43 heavy (non-hydrogen) atoms. The molecular weight excluding hydrogens is 566 g/mol. The Morgan fingerprint density at radius 2 is 1.77 bits per heavy atom. The lowest BCUT2D eigenvalue weighted by molar-refractivity contribution is -0.137.